The molecule has 0 bridgehead atoms. The third kappa shape index (κ3) is 5.29. The van der Waals surface area contributed by atoms with E-state index in [1.165, 1.54) is 48.5 Å². The predicted molar refractivity (Wildman–Crippen MR) is 91.6 cm³/mol. The molecule has 0 saturated carbocycles. The quantitative estimate of drug-likeness (QED) is 0.849. The smallest absolute Gasteiger partial charge is 0.241 e. The van der Waals surface area contributed by atoms with Crippen molar-refractivity contribution < 1.29 is 17.6 Å². The average Bonchev–Trinajstić information content (AvgIpc) is 2.58. The van der Waals surface area contributed by atoms with Crippen molar-refractivity contribution in [1.29, 1.82) is 5.26 Å². The fourth-order valence-electron chi connectivity index (χ4n) is 2.09. The molecule has 0 saturated heterocycles. The Balaban J connectivity index is 2.07. The molecule has 0 aliphatic heterocycles. The number of carbonyl (C=O) groups excluding carboxylic acids is 1. The number of carbonyl (C=O) groups is 1. The highest BCUT2D eigenvalue weighted by molar-refractivity contribution is 7.92. The van der Waals surface area contributed by atoms with Gasteiger partial charge in [-0.3, -0.25) is 9.10 Å². The van der Waals surface area contributed by atoms with E-state index >= 15 is 0 Å². The minimum absolute atomic E-state index is 0.157. The van der Waals surface area contributed by atoms with Crippen LogP contribution in [-0.4, -0.2) is 27.1 Å². The van der Waals surface area contributed by atoms with Gasteiger partial charge in [0.1, 0.15) is 12.4 Å². The van der Waals surface area contributed by atoms with E-state index in [4.69, 9.17) is 5.26 Å². The molecule has 8 heteroatoms. The Labute approximate surface area is 145 Å². The van der Waals surface area contributed by atoms with E-state index < -0.39 is 22.5 Å². The van der Waals surface area contributed by atoms with Crippen molar-refractivity contribution in [3.63, 3.8) is 0 Å². The molecule has 25 heavy (non-hydrogen) atoms. The standard InChI is InChI=1S/C17H16FN3O3S/c1-25(23,24)21(16-8-4-13(10-19)5-9-16)12-17(22)20-11-14-2-6-15(18)7-3-14/h2-9H,11-12H2,1H3,(H,20,22). The van der Waals surface area contributed by atoms with Crippen LogP contribution in [0.25, 0.3) is 0 Å². The van der Waals surface area contributed by atoms with Crippen LogP contribution in [0.1, 0.15) is 11.1 Å². The van der Waals surface area contributed by atoms with Crippen LogP contribution in [0.3, 0.4) is 0 Å². The van der Waals surface area contributed by atoms with Gasteiger partial charge in [-0.2, -0.15) is 5.26 Å². The van der Waals surface area contributed by atoms with Gasteiger partial charge < -0.3 is 5.32 Å². The van der Waals surface area contributed by atoms with Crippen molar-refractivity contribution in [1.82, 2.24) is 5.32 Å². The first-order chi connectivity index (χ1) is 11.8. The van der Waals surface area contributed by atoms with Crippen molar-refractivity contribution >= 4 is 21.6 Å². The van der Waals surface area contributed by atoms with Gasteiger partial charge in [0.15, 0.2) is 0 Å². The first-order valence-corrected chi connectivity index (χ1v) is 9.13. The molecule has 0 aliphatic carbocycles. The SMILES string of the molecule is CS(=O)(=O)N(CC(=O)NCc1ccc(F)cc1)c1ccc(C#N)cc1. The summed E-state index contributed by atoms with van der Waals surface area (Å²) in [4.78, 5) is 12.1. The zero-order valence-electron chi connectivity index (χ0n) is 13.4. The van der Waals surface area contributed by atoms with E-state index in [0.717, 1.165) is 10.6 Å². The van der Waals surface area contributed by atoms with Gasteiger partial charge in [-0.15, -0.1) is 0 Å². The van der Waals surface area contributed by atoms with Gasteiger partial charge in [0.05, 0.1) is 23.6 Å². The lowest BCUT2D eigenvalue weighted by molar-refractivity contribution is -0.119. The van der Waals surface area contributed by atoms with Crippen molar-refractivity contribution in [2.75, 3.05) is 17.1 Å². The molecule has 130 valence electrons. The van der Waals surface area contributed by atoms with Crippen LogP contribution in [-0.2, 0) is 21.4 Å². The second-order valence-corrected chi connectivity index (χ2v) is 7.24. The Kier molecular flexibility index (Phi) is 5.72. The molecule has 0 fully saturated rings. The van der Waals surface area contributed by atoms with Gasteiger partial charge in [-0.25, -0.2) is 12.8 Å². The number of halogens is 1. The first kappa shape index (κ1) is 18.4. The summed E-state index contributed by atoms with van der Waals surface area (Å²) in [5.41, 5.74) is 1.37. The summed E-state index contributed by atoms with van der Waals surface area (Å²) in [6.07, 6.45) is 0.998. The van der Waals surface area contributed by atoms with Crippen LogP contribution >= 0.6 is 0 Å². The zero-order chi connectivity index (χ0) is 18.4. The van der Waals surface area contributed by atoms with Crippen LogP contribution in [0.2, 0.25) is 0 Å². The maximum Gasteiger partial charge on any atom is 0.241 e. The minimum Gasteiger partial charge on any atom is -0.350 e. The summed E-state index contributed by atoms with van der Waals surface area (Å²) in [5, 5.41) is 11.4. The minimum atomic E-state index is -3.68. The molecule has 1 amide bonds. The van der Waals surface area contributed by atoms with Gasteiger partial charge in [0.2, 0.25) is 15.9 Å². The van der Waals surface area contributed by atoms with Crippen molar-refractivity contribution in [2.24, 2.45) is 0 Å². The molecule has 0 atom stereocenters. The lowest BCUT2D eigenvalue weighted by Gasteiger charge is -2.22. The first-order valence-electron chi connectivity index (χ1n) is 7.28. The Bertz CT molecular complexity index is 888. The van der Waals surface area contributed by atoms with E-state index in [1.807, 2.05) is 6.07 Å². The average molecular weight is 361 g/mol. The number of rotatable bonds is 6. The molecule has 2 rings (SSSR count). The molecule has 0 spiro atoms. The Hall–Kier alpha value is -2.92. The maximum absolute atomic E-state index is 12.8. The molecule has 2 aromatic carbocycles. The summed E-state index contributed by atoms with van der Waals surface area (Å²) >= 11 is 0. The molecule has 0 unspecified atom stereocenters. The van der Waals surface area contributed by atoms with E-state index in [0.29, 0.717) is 16.8 Å². The van der Waals surface area contributed by atoms with Gasteiger partial charge >= 0.3 is 0 Å². The number of sulfonamides is 1. The van der Waals surface area contributed by atoms with Gasteiger partial charge in [0, 0.05) is 6.54 Å². The number of benzene rings is 2. The number of hydrogen-bond acceptors (Lipinski definition) is 4. The fourth-order valence-corrected chi connectivity index (χ4v) is 2.95. The fraction of sp³-hybridized carbons (Fsp3) is 0.176. The van der Waals surface area contributed by atoms with Crippen molar-refractivity contribution in [2.45, 2.75) is 6.54 Å². The Morgan fingerprint density at radius 1 is 1.16 bits per heavy atom. The molecule has 6 nitrogen and oxygen atoms in total. The second kappa shape index (κ2) is 7.77. The molecule has 0 aromatic heterocycles. The van der Waals surface area contributed by atoms with Crippen molar-refractivity contribution in [3.05, 3.63) is 65.5 Å². The Morgan fingerprint density at radius 2 is 1.76 bits per heavy atom. The van der Waals surface area contributed by atoms with Crippen LogP contribution in [0, 0.1) is 17.1 Å². The van der Waals surface area contributed by atoms with Crippen LogP contribution in [0.5, 0.6) is 0 Å². The molecule has 0 radical (unpaired) electrons. The highest BCUT2D eigenvalue weighted by atomic mass is 32.2. The van der Waals surface area contributed by atoms with E-state index in [1.54, 1.807) is 0 Å². The van der Waals surface area contributed by atoms with E-state index in [-0.39, 0.29) is 12.4 Å². The second-order valence-electron chi connectivity index (χ2n) is 5.33. The summed E-state index contributed by atoms with van der Waals surface area (Å²) in [5.74, 6) is -0.877. The van der Waals surface area contributed by atoms with Crippen LogP contribution < -0.4 is 9.62 Å². The topological polar surface area (TPSA) is 90.3 Å². The maximum atomic E-state index is 12.8. The summed E-state index contributed by atoms with van der Waals surface area (Å²) in [6, 6.07) is 13.4. The molecular formula is C17H16FN3O3S. The normalized spacial score (nSPS) is 10.8. The highest BCUT2D eigenvalue weighted by Gasteiger charge is 2.20. The number of nitrogens with one attached hydrogen (secondary N) is 1. The number of nitrogens with zero attached hydrogens (tertiary/aromatic N) is 2. The molecule has 2 aromatic rings. The Morgan fingerprint density at radius 3 is 2.28 bits per heavy atom. The number of anilines is 1. The highest BCUT2D eigenvalue weighted by Crippen LogP contribution is 2.17. The largest absolute Gasteiger partial charge is 0.350 e. The summed E-state index contributed by atoms with van der Waals surface area (Å²) in [6.45, 7) is -0.240. The lowest BCUT2D eigenvalue weighted by Crippen LogP contribution is -2.40. The van der Waals surface area contributed by atoms with E-state index in [9.17, 15) is 17.6 Å². The van der Waals surface area contributed by atoms with Gasteiger partial charge in [0.25, 0.3) is 0 Å². The third-order valence-corrected chi connectivity index (χ3v) is 4.52. The van der Waals surface area contributed by atoms with Crippen LogP contribution in [0.15, 0.2) is 48.5 Å². The van der Waals surface area contributed by atoms with Crippen molar-refractivity contribution in [3.8, 4) is 6.07 Å². The summed E-state index contributed by atoms with van der Waals surface area (Å²) in [7, 11) is -3.68. The number of hydrogen-bond donors (Lipinski definition) is 1. The van der Waals surface area contributed by atoms with Gasteiger partial charge in [-0.05, 0) is 42.0 Å². The number of amides is 1. The molecular weight excluding hydrogens is 345 g/mol. The monoisotopic (exact) mass is 361 g/mol. The summed E-state index contributed by atoms with van der Waals surface area (Å²) < 4.78 is 37.7. The third-order valence-electron chi connectivity index (χ3n) is 3.37. The number of nitriles is 1. The predicted octanol–water partition coefficient (Wildman–Crippen LogP) is 1.78. The van der Waals surface area contributed by atoms with E-state index in [2.05, 4.69) is 5.32 Å². The lowest BCUT2D eigenvalue weighted by atomic mass is 10.2. The molecule has 0 aliphatic rings. The van der Waals surface area contributed by atoms with Crippen LogP contribution in [0.4, 0.5) is 10.1 Å². The molecule has 1 N–H and O–H groups in total. The van der Waals surface area contributed by atoms with Gasteiger partial charge in [-0.1, -0.05) is 12.1 Å². The molecule has 0 heterocycles. The zero-order valence-corrected chi connectivity index (χ0v) is 14.3.